The Labute approximate surface area is 101 Å². The normalized spacial score (nSPS) is 32.6. The molecule has 0 spiro atoms. The molecule has 0 radical (unpaired) electrons. The third kappa shape index (κ3) is 1.96. The van der Waals surface area contributed by atoms with Crippen molar-refractivity contribution in [3.8, 4) is 0 Å². The molecular formula is C13H19N3O. The maximum absolute atomic E-state index is 12.2. The highest BCUT2D eigenvalue weighted by Gasteiger charge is 2.43. The van der Waals surface area contributed by atoms with E-state index >= 15 is 0 Å². The first-order chi connectivity index (χ1) is 8.24. The molecule has 3 rings (SSSR count). The van der Waals surface area contributed by atoms with E-state index in [9.17, 15) is 4.79 Å². The highest BCUT2D eigenvalue weighted by Crippen LogP contribution is 2.48. The number of carbonyl (C=O) groups excluding carboxylic acids is 1. The van der Waals surface area contributed by atoms with E-state index in [0.29, 0.717) is 5.92 Å². The van der Waals surface area contributed by atoms with Gasteiger partial charge in [-0.15, -0.1) is 0 Å². The van der Waals surface area contributed by atoms with Crippen LogP contribution in [0.2, 0.25) is 0 Å². The van der Waals surface area contributed by atoms with Gasteiger partial charge in [0.1, 0.15) is 5.82 Å². The van der Waals surface area contributed by atoms with Crippen molar-refractivity contribution in [3.05, 3.63) is 18.2 Å². The summed E-state index contributed by atoms with van der Waals surface area (Å²) in [5.41, 5.74) is 0. The van der Waals surface area contributed by atoms with Crippen LogP contribution in [0.25, 0.3) is 0 Å². The molecule has 92 valence electrons. The van der Waals surface area contributed by atoms with Crippen LogP contribution in [0.15, 0.2) is 12.4 Å². The summed E-state index contributed by atoms with van der Waals surface area (Å²) in [5.74, 6) is 2.77. The van der Waals surface area contributed by atoms with Crippen molar-refractivity contribution in [1.82, 2.24) is 15.3 Å². The van der Waals surface area contributed by atoms with Crippen LogP contribution in [0, 0.1) is 17.8 Å². The van der Waals surface area contributed by atoms with Crippen LogP contribution in [0.4, 0.5) is 0 Å². The Balaban J connectivity index is 1.60. The van der Waals surface area contributed by atoms with Crippen LogP contribution < -0.4 is 5.32 Å². The Morgan fingerprint density at radius 2 is 2.41 bits per heavy atom. The van der Waals surface area contributed by atoms with Gasteiger partial charge in [-0.25, -0.2) is 4.98 Å². The second-order valence-corrected chi connectivity index (χ2v) is 5.49. The van der Waals surface area contributed by atoms with Crippen molar-refractivity contribution >= 4 is 5.91 Å². The summed E-state index contributed by atoms with van der Waals surface area (Å²) in [6, 6.07) is -0.0170. The van der Waals surface area contributed by atoms with Gasteiger partial charge in [-0.3, -0.25) is 4.79 Å². The minimum atomic E-state index is -0.0170. The van der Waals surface area contributed by atoms with E-state index in [4.69, 9.17) is 0 Å². The van der Waals surface area contributed by atoms with E-state index in [-0.39, 0.29) is 17.9 Å². The van der Waals surface area contributed by atoms with Gasteiger partial charge in [-0.2, -0.15) is 0 Å². The van der Waals surface area contributed by atoms with Gasteiger partial charge in [0.2, 0.25) is 5.91 Å². The van der Waals surface area contributed by atoms with Crippen LogP contribution >= 0.6 is 0 Å². The molecule has 1 aromatic heterocycles. The molecule has 4 atom stereocenters. The van der Waals surface area contributed by atoms with Crippen LogP contribution in [-0.4, -0.2) is 15.9 Å². The molecule has 2 N–H and O–H groups in total. The summed E-state index contributed by atoms with van der Waals surface area (Å²) in [5, 5.41) is 3.08. The number of imidazole rings is 1. The molecule has 17 heavy (non-hydrogen) atoms. The fraction of sp³-hybridized carbons (Fsp3) is 0.692. The van der Waals surface area contributed by atoms with E-state index in [2.05, 4.69) is 15.3 Å². The zero-order chi connectivity index (χ0) is 11.8. The number of amides is 1. The van der Waals surface area contributed by atoms with Crippen LogP contribution in [0.5, 0.6) is 0 Å². The number of nitrogens with zero attached hydrogens (tertiary/aromatic N) is 1. The largest absolute Gasteiger partial charge is 0.347 e. The molecule has 1 aromatic rings. The van der Waals surface area contributed by atoms with Gasteiger partial charge >= 0.3 is 0 Å². The summed E-state index contributed by atoms with van der Waals surface area (Å²) in [6.07, 6.45) is 8.46. The molecular weight excluding hydrogens is 214 g/mol. The minimum Gasteiger partial charge on any atom is -0.347 e. The summed E-state index contributed by atoms with van der Waals surface area (Å²) in [6.45, 7) is 1.98. The molecule has 1 amide bonds. The van der Waals surface area contributed by atoms with Crippen LogP contribution in [0.1, 0.15) is 44.5 Å². The molecule has 1 heterocycles. The summed E-state index contributed by atoms with van der Waals surface area (Å²) >= 11 is 0. The Kier molecular flexibility index (Phi) is 2.65. The second kappa shape index (κ2) is 4.17. The van der Waals surface area contributed by atoms with E-state index in [1.54, 1.807) is 12.4 Å². The van der Waals surface area contributed by atoms with E-state index in [1.807, 2.05) is 6.92 Å². The number of fused-ring (bicyclic) bond motifs is 2. The number of hydrogen-bond acceptors (Lipinski definition) is 2. The number of hydrogen-bond donors (Lipinski definition) is 2. The highest BCUT2D eigenvalue weighted by molar-refractivity contribution is 5.79. The zero-order valence-corrected chi connectivity index (χ0v) is 10.1. The molecule has 0 aromatic carbocycles. The lowest BCUT2D eigenvalue weighted by Crippen LogP contribution is -2.35. The number of nitrogens with one attached hydrogen (secondary N) is 2. The number of aromatic amines is 1. The molecule has 2 fully saturated rings. The second-order valence-electron chi connectivity index (χ2n) is 5.49. The van der Waals surface area contributed by atoms with E-state index in [0.717, 1.165) is 18.2 Å². The van der Waals surface area contributed by atoms with Gasteiger partial charge in [0.15, 0.2) is 0 Å². The Hall–Kier alpha value is -1.32. The van der Waals surface area contributed by atoms with Gasteiger partial charge < -0.3 is 10.3 Å². The van der Waals surface area contributed by atoms with Crippen molar-refractivity contribution < 1.29 is 4.79 Å². The first-order valence-electron chi connectivity index (χ1n) is 6.53. The Bertz CT molecular complexity index is 401. The number of carbonyl (C=O) groups is 1. The number of aromatic nitrogens is 2. The number of rotatable bonds is 3. The Morgan fingerprint density at radius 1 is 1.53 bits per heavy atom. The van der Waals surface area contributed by atoms with Gasteiger partial charge in [-0.05, 0) is 38.0 Å². The molecule has 0 saturated heterocycles. The molecule has 2 aliphatic carbocycles. The fourth-order valence-corrected chi connectivity index (χ4v) is 3.47. The quantitative estimate of drug-likeness (QED) is 0.839. The lowest BCUT2D eigenvalue weighted by atomic mass is 9.88. The van der Waals surface area contributed by atoms with Gasteiger partial charge in [0.05, 0.1) is 6.04 Å². The fourth-order valence-electron chi connectivity index (χ4n) is 3.47. The molecule has 4 heteroatoms. The number of H-pyrrole nitrogens is 1. The first-order valence-corrected chi connectivity index (χ1v) is 6.53. The lowest BCUT2D eigenvalue weighted by Gasteiger charge is -2.22. The third-order valence-corrected chi connectivity index (χ3v) is 4.36. The summed E-state index contributed by atoms with van der Waals surface area (Å²) in [4.78, 5) is 19.4. The molecule has 2 aliphatic rings. The van der Waals surface area contributed by atoms with E-state index in [1.165, 1.54) is 19.3 Å². The summed E-state index contributed by atoms with van der Waals surface area (Å²) in [7, 11) is 0. The first kappa shape index (κ1) is 10.8. The molecule has 2 saturated carbocycles. The topological polar surface area (TPSA) is 57.8 Å². The van der Waals surface area contributed by atoms with Crippen molar-refractivity contribution in [2.45, 2.75) is 38.6 Å². The molecule has 4 nitrogen and oxygen atoms in total. The molecule has 0 aliphatic heterocycles. The third-order valence-electron chi connectivity index (χ3n) is 4.36. The zero-order valence-electron chi connectivity index (χ0n) is 10.1. The average Bonchev–Trinajstić information content (AvgIpc) is 3.05. The van der Waals surface area contributed by atoms with Crippen molar-refractivity contribution in [2.75, 3.05) is 0 Å². The van der Waals surface area contributed by atoms with Crippen LogP contribution in [0.3, 0.4) is 0 Å². The van der Waals surface area contributed by atoms with Crippen molar-refractivity contribution in [3.63, 3.8) is 0 Å². The smallest absolute Gasteiger partial charge is 0.223 e. The van der Waals surface area contributed by atoms with Crippen molar-refractivity contribution in [2.24, 2.45) is 17.8 Å². The van der Waals surface area contributed by atoms with Crippen molar-refractivity contribution in [1.29, 1.82) is 0 Å². The standard InChI is InChI=1S/C13H19N3O/c1-8(12-14-4-5-15-12)16-13(17)11-7-9-2-3-10(11)6-9/h4-5,8-11H,2-3,6-7H2,1H3,(H,14,15)(H,16,17). The van der Waals surface area contributed by atoms with Gasteiger partial charge in [0.25, 0.3) is 0 Å². The predicted octanol–water partition coefficient (Wildman–Crippen LogP) is 2.02. The minimum absolute atomic E-state index is 0.0170. The molecule has 4 unspecified atom stereocenters. The highest BCUT2D eigenvalue weighted by atomic mass is 16.2. The maximum Gasteiger partial charge on any atom is 0.223 e. The lowest BCUT2D eigenvalue weighted by molar-refractivity contribution is -0.127. The van der Waals surface area contributed by atoms with Gasteiger partial charge in [0, 0.05) is 18.3 Å². The summed E-state index contributed by atoms with van der Waals surface area (Å²) < 4.78 is 0. The molecule has 2 bridgehead atoms. The van der Waals surface area contributed by atoms with Gasteiger partial charge in [-0.1, -0.05) is 6.42 Å². The van der Waals surface area contributed by atoms with Crippen LogP contribution in [-0.2, 0) is 4.79 Å². The maximum atomic E-state index is 12.2. The van der Waals surface area contributed by atoms with E-state index < -0.39 is 0 Å². The Morgan fingerprint density at radius 3 is 3.00 bits per heavy atom. The SMILES string of the molecule is CC(NC(=O)C1CC2CCC1C2)c1ncc[nH]1. The monoisotopic (exact) mass is 233 g/mol. The predicted molar refractivity (Wildman–Crippen MR) is 64.1 cm³/mol. The average molecular weight is 233 g/mol.